The molecule has 0 saturated heterocycles. The molecular formula is C66H128O6. The number of unbranched alkanes of at least 4 members (excludes halogenated alkanes) is 44. The van der Waals surface area contributed by atoms with Crippen molar-refractivity contribution < 1.29 is 28.6 Å². The summed E-state index contributed by atoms with van der Waals surface area (Å²) in [4.78, 5) is 38.3. The second-order valence-electron chi connectivity index (χ2n) is 23.5. The van der Waals surface area contributed by atoms with E-state index in [1.54, 1.807) is 0 Å². The fourth-order valence-electron chi connectivity index (χ4n) is 10.3. The molecule has 0 aliphatic heterocycles. The maximum absolute atomic E-state index is 12.9. The molecule has 428 valence electrons. The third-order valence-corrected chi connectivity index (χ3v) is 15.6. The summed E-state index contributed by atoms with van der Waals surface area (Å²) < 4.78 is 17.0. The summed E-state index contributed by atoms with van der Waals surface area (Å²) >= 11 is 0. The standard InChI is InChI=1S/C66H128O6/c1-6-8-9-10-11-12-13-14-19-26-31-36-41-46-51-56-64(67)70-59-63(60-71-65(68)57-52-47-42-37-32-27-23-22-24-29-34-39-44-49-54-61(3)4)72-66(69)58-53-48-43-38-33-28-21-18-16-15-17-20-25-30-35-40-45-50-55-62(5)7-2/h61-63H,6-60H2,1-5H3/t62?,63-/m0/s1. The van der Waals surface area contributed by atoms with Crippen molar-refractivity contribution in [3.05, 3.63) is 0 Å². The summed E-state index contributed by atoms with van der Waals surface area (Å²) in [5, 5.41) is 0. The lowest BCUT2D eigenvalue weighted by molar-refractivity contribution is -0.167. The van der Waals surface area contributed by atoms with Crippen molar-refractivity contribution in [2.75, 3.05) is 13.2 Å². The quantitative estimate of drug-likeness (QED) is 0.0343. The van der Waals surface area contributed by atoms with Crippen LogP contribution >= 0.6 is 0 Å². The zero-order valence-electron chi connectivity index (χ0n) is 49.6. The van der Waals surface area contributed by atoms with Crippen molar-refractivity contribution in [3.63, 3.8) is 0 Å². The first-order valence-electron chi connectivity index (χ1n) is 32.8. The van der Waals surface area contributed by atoms with E-state index in [9.17, 15) is 14.4 Å². The predicted molar refractivity (Wildman–Crippen MR) is 312 cm³/mol. The van der Waals surface area contributed by atoms with Crippen molar-refractivity contribution in [3.8, 4) is 0 Å². The number of rotatable bonds is 60. The van der Waals surface area contributed by atoms with E-state index in [0.29, 0.717) is 19.3 Å². The van der Waals surface area contributed by atoms with E-state index in [4.69, 9.17) is 14.2 Å². The lowest BCUT2D eigenvalue weighted by Crippen LogP contribution is -2.30. The molecule has 6 nitrogen and oxygen atoms in total. The zero-order chi connectivity index (χ0) is 52.5. The van der Waals surface area contributed by atoms with Crippen LogP contribution in [-0.2, 0) is 28.6 Å². The molecule has 0 heterocycles. The van der Waals surface area contributed by atoms with Gasteiger partial charge in [-0.3, -0.25) is 14.4 Å². The van der Waals surface area contributed by atoms with Gasteiger partial charge in [-0.15, -0.1) is 0 Å². The first-order chi connectivity index (χ1) is 35.3. The van der Waals surface area contributed by atoms with E-state index in [-0.39, 0.29) is 31.1 Å². The summed E-state index contributed by atoms with van der Waals surface area (Å²) in [6.07, 6.45) is 65.3. The van der Waals surface area contributed by atoms with Crippen molar-refractivity contribution in [1.29, 1.82) is 0 Å². The van der Waals surface area contributed by atoms with Crippen molar-refractivity contribution in [2.24, 2.45) is 11.8 Å². The number of ether oxygens (including phenoxy) is 3. The third-order valence-electron chi connectivity index (χ3n) is 15.6. The maximum atomic E-state index is 12.9. The minimum absolute atomic E-state index is 0.0616. The summed E-state index contributed by atoms with van der Waals surface area (Å²) in [5.41, 5.74) is 0. The minimum Gasteiger partial charge on any atom is -0.462 e. The Bertz CT molecular complexity index is 1110. The molecule has 2 atom stereocenters. The Morgan fingerprint density at radius 3 is 0.792 bits per heavy atom. The molecule has 6 heteroatoms. The van der Waals surface area contributed by atoms with Gasteiger partial charge in [0, 0.05) is 19.3 Å². The highest BCUT2D eigenvalue weighted by Gasteiger charge is 2.19. The first-order valence-corrected chi connectivity index (χ1v) is 32.8. The molecule has 72 heavy (non-hydrogen) atoms. The highest BCUT2D eigenvalue weighted by Crippen LogP contribution is 2.19. The van der Waals surface area contributed by atoms with Crippen LogP contribution in [0.5, 0.6) is 0 Å². The van der Waals surface area contributed by atoms with Crippen LogP contribution in [-0.4, -0.2) is 37.2 Å². The van der Waals surface area contributed by atoms with Crippen molar-refractivity contribution >= 4 is 17.9 Å². The summed E-state index contributed by atoms with van der Waals surface area (Å²) in [7, 11) is 0. The molecule has 0 aliphatic carbocycles. The van der Waals surface area contributed by atoms with Gasteiger partial charge < -0.3 is 14.2 Å². The predicted octanol–water partition coefficient (Wildman–Crippen LogP) is 22.0. The number of carbonyl (C=O) groups is 3. The molecule has 0 fully saturated rings. The summed E-state index contributed by atoms with van der Waals surface area (Å²) in [6.45, 7) is 11.5. The fraction of sp³-hybridized carbons (Fsp3) is 0.955. The molecule has 0 saturated carbocycles. The molecule has 0 amide bonds. The van der Waals surface area contributed by atoms with E-state index in [1.165, 1.54) is 263 Å². The van der Waals surface area contributed by atoms with Crippen molar-refractivity contribution in [2.45, 2.75) is 381 Å². The van der Waals surface area contributed by atoms with Crippen LogP contribution in [0.25, 0.3) is 0 Å². The van der Waals surface area contributed by atoms with Gasteiger partial charge in [-0.25, -0.2) is 0 Å². The zero-order valence-corrected chi connectivity index (χ0v) is 49.6. The number of hydrogen-bond acceptors (Lipinski definition) is 6. The molecule has 0 aromatic carbocycles. The molecule has 0 aromatic rings. The van der Waals surface area contributed by atoms with Crippen LogP contribution in [0.1, 0.15) is 375 Å². The number of esters is 3. The highest BCUT2D eigenvalue weighted by atomic mass is 16.6. The molecule has 0 N–H and O–H groups in total. The van der Waals surface area contributed by atoms with Crippen LogP contribution in [0.4, 0.5) is 0 Å². The summed E-state index contributed by atoms with van der Waals surface area (Å²) in [5.74, 6) is 0.925. The van der Waals surface area contributed by atoms with Gasteiger partial charge in [-0.2, -0.15) is 0 Å². The van der Waals surface area contributed by atoms with Gasteiger partial charge in [-0.05, 0) is 31.1 Å². The van der Waals surface area contributed by atoms with Gasteiger partial charge in [-0.1, -0.05) is 336 Å². The van der Waals surface area contributed by atoms with E-state index < -0.39 is 6.10 Å². The van der Waals surface area contributed by atoms with Gasteiger partial charge in [0.1, 0.15) is 13.2 Å². The van der Waals surface area contributed by atoms with Crippen molar-refractivity contribution in [1.82, 2.24) is 0 Å². The Morgan fingerprint density at radius 1 is 0.292 bits per heavy atom. The monoisotopic (exact) mass is 1020 g/mol. The number of hydrogen-bond donors (Lipinski definition) is 0. The van der Waals surface area contributed by atoms with E-state index >= 15 is 0 Å². The average Bonchev–Trinajstić information content (AvgIpc) is 3.37. The molecule has 0 spiro atoms. The molecule has 0 aliphatic rings. The Kier molecular flexibility index (Phi) is 57.4. The fourth-order valence-corrected chi connectivity index (χ4v) is 10.3. The van der Waals surface area contributed by atoms with Gasteiger partial charge in [0.2, 0.25) is 0 Å². The van der Waals surface area contributed by atoms with E-state index in [2.05, 4.69) is 34.6 Å². The van der Waals surface area contributed by atoms with Crippen LogP contribution in [0.3, 0.4) is 0 Å². The Morgan fingerprint density at radius 2 is 0.528 bits per heavy atom. The van der Waals surface area contributed by atoms with Crippen LogP contribution in [0.2, 0.25) is 0 Å². The van der Waals surface area contributed by atoms with Gasteiger partial charge in [0.15, 0.2) is 6.10 Å². The average molecular weight is 1020 g/mol. The lowest BCUT2D eigenvalue weighted by atomic mass is 9.99. The SMILES string of the molecule is CCCCCCCCCCCCCCCCCC(=O)OC[C@@H](COC(=O)CCCCCCCCCCCCCCCCC(C)C)OC(=O)CCCCCCCCCCCCCCCCCCCCC(C)CC. The first kappa shape index (κ1) is 70.4. The topological polar surface area (TPSA) is 78.9 Å². The second kappa shape index (κ2) is 58.7. The van der Waals surface area contributed by atoms with Gasteiger partial charge in [0.05, 0.1) is 0 Å². The van der Waals surface area contributed by atoms with Gasteiger partial charge in [0.25, 0.3) is 0 Å². The molecule has 0 bridgehead atoms. The lowest BCUT2D eigenvalue weighted by Gasteiger charge is -2.18. The minimum atomic E-state index is -0.764. The molecular weight excluding hydrogens is 889 g/mol. The Labute approximate surface area is 450 Å². The number of carbonyl (C=O) groups excluding carboxylic acids is 3. The van der Waals surface area contributed by atoms with E-state index in [0.717, 1.165) is 69.6 Å². The maximum Gasteiger partial charge on any atom is 0.306 e. The normalized spacial score (nSPS) is 12.4. The molecule has 0 aromatic heterocycles. The Balaban J connectivity index is 4.27. The van der Waals surface area contributed by atoms with E-state index in [1.807, 2.05) is 0 Å². The largest absolute Gasteiger partial charge is 0.462 e. The molecule has 1 unspecified atom stereocenters. The van der Waals surface area contributed by atoms with Crippen LogP contribution < -0.4 is 0 Å². The summed E-state index contributed by atoms with van der Waals surface area (Å²) in [6, 6.07) is 0. The molecule has 0 radical (unpaired) electrons. The van der Waals surface area contributed by atoms with Gasteiger partial charge >= 0.3 is 17.9 Å². The third kappa shape index (κ3) is 57.7. The highest BCUT2D eigenvalue weighted by molar-refractivity contribution is 5.71. The van der Waals surface area contributed by atoms with Crippen LogP contribution in [0.15, 0.2) is 0 Å². The molecule has 0 rings (SSSR count). The smallest absolute Gasteiger partial charge is 0.306 e. The second-order valence-corrected chi connectivity index (χ2v) is 23.5. The Hall–Kier alpha value is -1.59. The van der Waals surface area contributed by atoms with Crippen LogP contribution in [0, 0.1) is 11.8 Å².